The summed E-state index contributed by atoms with van der Waals surface area (Å²) >= 11 is 0. The van der Waals surface area contributed by atoms with Gasteiger partial charge in [0.25, 0.3) is 11.8 Å². The number of piperidine rings is 1. The number of benzene rings is 1. The van der Waals surface area contributed by atoms with Crippen LogP contribution in [0.15, 0.2) is 18.2 Å². The largest absolute Gasteiger partial charge is 0.366 e. The lowest BCUT2D eigenvalue weighted by Crippen LogP contribution is -2.54. The summed E-state index contributed by atoms with van der Waals surface area (Å²) in [5, 5.41) is 2.23. The fraction of sp³-hybridized carbons (Fsp3) is 0.545. The highest BCUT2D eigenvalue weighted by Crippen LogP contribution is 2.39. The lowest BCUT2D eigenvalue weighted by molar-refractivity contribution is -0.136. The number of likely N-dealkylation sites (tertiary alicyclic amines) is 1. The van der Waals surface area contributed by atoms with Crippen molar-refractivity contribution in [1.29, 1.82) is 0 Å². The third kappa shape index (κ3) is 2.77. The maximum Gasteiger partial charge on any atom is 0.262 e. The van der Waals surface area contributed by atoms with Gasteiger partial charge in [-0.1, -0.05) is 0 Å². The zero-order chi connectivity index (χ0) is 21.4. The number of piperazine rings is 1. The van der Waals surface area contributed by atoms with Crippen molar-refractivity contribution in [2.24, 2.45) is 0 Å². The van der Waals surface area contributed by atoms with Crippen LogP contribution >= 0.6 is 0 Å². The van der Waals surface area contributed by atoms with E-state index in [2.05, 4.69) is 35.9 Å². The number of nitrogens with zero attached hydrogens (tertiary/aromatic N) is 3. The van der Waals surface area contributed by atoms with E-state index in [0.29, 0.717) is 23.2 Å². The van der Waals surface area contributed by atoms with Gasteiger partial charge < -0.3 is 4.90 Å². The molecular weight excluding hydrogens is 384 g/mol. The minimum absolute atomic E-state index is 0.121. The highest BCUT2D eigenvalue weighted by Gasteiger charge is 2.48. The van der Waals surface area contributed by atoms with Gasteiger partial charge in [-0.15, -0.1) is 0 Å². The average Bonchev–Trinajstić information content (AvgIpc) is 3.35. The third-order valence-corrected chi connectivity index (χ3v) is 6.86. The van der Waals surface area contributed by atoms with E-state index in [1.165, 1.54) is 0 Å². The number of amides is 4. The smallest absolute Gasteiger partial charge is 0.262 e. The first-order valence-electron chi connectivity index (χ1n) is 10.5. The fourth-order valence-electron chi connectivity index (χ4n) is 5.44. The summed E-state index contributed by atoms with van der Waals surface area (Å²) in [6.07, 6.45) is 1.39. The second-order valence-corrected chi connectivity index (χ2v) is 9.70. The predicted octanol–water partition coefficient (Wildman–Crippen LogP) is 1.15. The Morgan fingerprint density at radius 3 is 2.33 bits per heavy atom. The van der Waals surface area contributed by atoms with Crippen molar-refractivity contribution in [2.75, 3.05) is 18.0 Å². The standard InChI is InChI=1S/C22H26N4O4/c1-22(2,3)25-11-13-8-14(25)10-24(13)12-4-5-15-16(9-12)21(30)26(20(15)29)17-6-7-18(27)23-19(17)28/h4-5,9,13-14,17H,6-8,10-11H2,1-3H3,(H,23,27,28)/t13?,14?,17-/m0/s1. The monoisotopic (exact) mass is 410 g/mol. The molecule has 3 fully saturated rings. The third-order valence-electron chi connectivity index (χ3n) is 6.86. The molecule has 4 amide bonds. The SMILES string of the molecule is CC(C)(C)N1CC2CC1CN2c1ccc2c(c1)C(=O)N([C@H]1CCC(=O)NC1=O)C2=O. The number of carbonyl (C=O) groups is 4. The molecular formula is C22H26N4O4. The number of anilines is 1. The Hall–Kier alpha value is -2.74. The topological polar surface area (TPSA) is 90.0 Å². The van der Waals surface area contributed by atoms with Crippen LogP contribution in [0.3, 0.4) is 0 Å². The summed E-state index contributed by atoms with van der Waals surface area (Å²) in [6, 6.07) is 5.35. The maximum absolute atomic E-state index is 13.1. The minimum atomic E-state index is -0.929. The summed E-state index contributed by atoms with van der Waals surface area (Å²) in [4.78, 5) is 55.5. The van der Waals surface area contributed by atoms with Crippen LogP contribution in [-0.2, 0) is 9.59 Å². The molecule has 30 heavy (non-hydrogen) atoms. The van der Waals surface area contributed by atoms with E-state index in [0.717, 1.165) is 30.1 Å². The Labute approximate surface area is 175 Å². The van der Waals surface area contributed by atoms with Crippen LogP contribution in [0.2, 0.25) is 0 Å². The molecule has 8 nitrogen and oxygen atoms in total. The molecule has 4 aliphatic rings. The Kier molecular flexibility index (Phi) is 4.09. The molecule has 0 aliphatic carbocycles. The van der Waals surface area contributed by atoms with Crippen molar-refractivity contribution in [2.45, 2.75) is 63.7 Å². The van der Waals surface area contributed by atoms with Crippen LogP contribution < -0.4 is 10.2 Å². The Balaban J connectivity index is 1.39. The average molecular weight is 410 g/mol. The van der Waals surface area contributed by atoms with Crippen molar-refractivity contribution < 1.29 is 19.2 Å². The van der Waals surface area contributed by atoms with E-state index in [1.807, 2.05) is 6.07 Å². The Morgan fingerprint density at radius 1 is 0.967 bits per heavy atom. The zero-order valence-electron chi connectivity index (χ0n) is 17.5. The van der Waals surface area contributed by atoms with Crippen molar-refractivity contribution in [1.82, 2.24) is 15.1 Å². The molecule has 3 saturated heterocycles. The van der Waals surface area contributed by atoms with Gasteiger partial charge in [0.2, 0.25) is 11.8 Å². The van der Waals surface area contributed by atoms with Gasteiger partial charge in [-0.25, -0.2) is 0 Å². The summed E-state index contributed by atoms with van der Waals surface area (Å²) in [5.41, 5.74) is 1.75. The number of nitrogens with one attached hydrogen (secondary N) is 1. The van der Waals surface area contributed by atoms with Crippen LogP contribution in [0.25, 0.3) is 0 Å². The summed E-state index contributed by atoms with van der Waals surface area (Å²) < 4.78 is 0. The van der Waals surface area contributed by atoms with Gasteiger partial charge in [0, 0.05) is 42.8 Å². The normalized spacial score (nSPS) is 29.1. The molecule has 4 aliphatic heterocycles. The Bertz CT molecular complexity index is 982. The van der Waals surface area contributed by atoms with Gasteiger partial charge in [0.05, 0.1) is 11.1 Å². The summed E-state index contributed by atoms with van der Waals surface area (Å²) in [6.45, 7) is 8.60. The number of hydrogen-bond donors (Lipinski definition) is 1. The van der Waals surface area contributed by atoms with Crippen molar-refractivity contribution in [3.8, 4) is 0 Å². The van der Waals surface area contributed by atoms with Gasteiger partial charge >= 0.3 is 0 Å². The van der Waals surface area contributed by atoms with E-state index in [1.54, 1.807) is 12.1 Å². The number of imide groups is 2. The second-order valence-electron chi connectivity index (χ2n) is 9.70. The summed E-state index contributed by atoms with van der Waals surface area (Å²) in [7, 11) is 0. The quantitative estimate of drug-likeness (QED) is 0.736. The van der Waals surface area contributed by atoms with Crippen molar-refractivity contribution in [3.63, 3.8) is 0 Å². The minimum Gasteiger partial charge on any atom is -0.366 e. The molecule has 0 spiro atoms. The van der Waals surface area contributed by atoms with Crippen LogP contribution in [0, 0.1) is 0 Å². The van der Waals surface area contributed by atoms with Crippen LogP contribution in [0.1, 0.15) is 60.7 Å². The fourth-order valence-corrected chi connectivity index (χ4v) is 5.44. The van der Waals surface area contributed by atoms with Crippen molar-refractivity contribution >= 4 is 29.3 Å². The molecule has 2 unspecified atom stereocenters. The first-order valence-corrected chi connectivity index (χ1v) is 10.5. The van der Waals surface area contributed by atoms with E-state index in [4.69, 9.17) is 0 Å². The lowest BCUT2D eigenvalue weighted by atomic mass is 10.0. The molecule has 1 aromatic rings. The molecule has 8 heteroatoms. The molecule has 0 radical (unpaired) electrons. The molecule has 158 valence electrons. The highest BCUT2D eigenvalue weighted by molar-refractivity contribution is 6.23. The van der Waals surface area contributed by atoms with Gasteiger partial charge in [-0.3, -0.25) is 34.3 Å². The predicted molar refractivity (Wildman–Crippen MR) is 109 cm³/mol. The molecule has 0 saturated carbocycles. The van der Waals surface area contributed by atoms with Crippen LogP contribution in [0.5, 0.6) is 0 Å². The summed E-state index contributed by atoms with van der Waals surface area (Å²) in [5.74, 6) is -1.87. The van der Waals surface area contributed by atoms with E-state index in [9.17, 15) is 19.2 Å². The van der Waals surface area contributed by atoms with E-state index in [-0.39, 0.29) is 24.3 Å². The first kappa shape index (κ1) is 19.2. The molecule has 5 rings (SSSR count). The zero-order valence-corrected chi connectivity index (χ0v) is 17.5. The molecule has 4 heterocycles. The molecule has 1 aromatic carbocycles. The van der Waals surface area contributed by atoms with Crippen LogP contribution in [-0.4, -0.2) is 70.2 Å². The van der Waals surface area contributed by atoms with Crippen LogP contribution in [0.4, 0.5) is 5.69 Å². The van der Waals surface area contributed by atoms with Gasteiger partial charge in [0.1, 0.15) is 6.04 Å². The molecule has 1 N–H and O–H groups in total. The second kappa shape index (κ2) is 6.38. The maximum atomic E-state index is 13.1. The van der Waals surface area contributed by atoms with Gasteiger partial charge in [0.15, 0.2) is 0 Å². The molecule has 2 bridgehead atoms. The van der Waals surface area contributed by atoms with E-state index < -0.39 is 23.8 Å². The van der Waals surface area contributed by atoms with Crippen molar-refractivity contribution in [3.05, 3.63) is 29.3 Å². The molecule has 0 aromatic heterocycles. The lowest BCUT2D eigenvalue weighted by Gasteiger charge is -2.42. The van der Waals surface area contributed by atoms with Gasteiger partial charge in [-0.05, 0) is 51.8 Å². The number of rotatable bonds is 2. The number of fused-ring (bicyclic) bond motifs is 3. The highest BCUT2D eigenvalue weighted by atomic mass is 16.2. The Morgan fingerprint density at radius 2 is 1.70 bits per heavy atom. The van der Waals surface area contributed by atoms with Gasteiger partial charge in [-0.2, -0.15) is 0 Å². The first-order chi connectivity index (χ1) is 14.1. The van der Waals surface area contributed by atoms with E-state index >= 15 is 0 Å². The molecule has 3 atom stereocenters. The number of hydrogen-bond acceptors (Lipinski definition) is 6. The number of carbonyl (C=O) groups excluding carboxylic acids is 4.